The molecule has 0 radical (unpaired) electrons. The summed E-state index contributed by atoms with van der Waals surface area (Å²) in [5.41, 5.74) is 2.21. The van der Waals surface area contributed by atoms with Gasteiger partial charge in [-0.3, -0.25) is 4.79 Å². The lowest BCUT2D eigenvalue weighted by molar-refractivity contribution is -0.112. The van der Waals surface area contributed by atoms with Crippen LogP contribution in [-0.2, 0) is 11.3 Å². The van der Waals surface area contributed by atoms with Crippen LogP contribution in [0.25, 0.3) is 0 Å². The molecule has 0 aliphatic carbocycles. The molecule has 1 aliphatic rings. The zero-order valence-corrected chi connectivity index (χ0v) is 14.8. The summed E-state index contributed by atoms with van der Waals surface area (Å²) in [4.78, 5) is 12.3. The number of carbonyl (C=O) groups excluding carboxylic acids is 1. The Labute approximate surface area is 156 Å². The maximum atomic E-state index is 12.3. The van der Waals surface area contributed by atoms with E-state index in [1.54, 1.807) is 25.1 Å². The Balaban J connectivity index is 1.63. The molecule has 0 aromatic heterocycles. The van der Waals surface area contributed by atoms with Crippen molar-refractivity contribution in [2.75, 3.05) is 12.1 Å². The van der Waals surface area contributed by atoms with Crippen LogP contribution >= 0.6 is 11.6 Å². The molecule has 0 atom stereocenters. The fraction of sp³-hybridized carbons (Fsp3) is 0.158. The number of rotatable bonds is 5. The second kappa shape index (κ2) is 7.81. The van der Waals surface area contributed by atoms with Crippen molar-refractivity contribution in [3.63, 3.8) is 0 Å². The van der Waals surface area contributed by atoms with Crippen LogP contribution in [0.1, 0.15) is 11.1 Å². The first kappa shape index (κ1) is 17.6. The number of ether oxygens (including phenoxy) is 2. The van der Waals surface area contributed by atoms with Gasteiger partial charge in [0.05, 0.1) is 0 Å². The Morgan fingerprint density at radius 2 is 2.12 bits per heavy atom. The number of nitriles is 1. The Hall–Kier alpha value is -3.17. The number of carbonyl (C=O) groups is 1. The van der Waals surface area contributed by atoms with Crippen LogP contribution in [-0.4, -0.2) is 12.7 Å². The van der Waals surface area contributed by atoms with Gasteiger partial charge in [0.2, 0.25) is 6.79 Å². The largest absolute Gasteiger partial charge is 0.454 e. The van der Waals surface area contributed by atoms with Crippen molar-refractivity contribution in [1.82, 2.24) is 5.32 Å². The maximum Gasteiger partial charge on any atom is 0.267 e. The second-order valence-corrected chi connectivity index (χ2v) is 6.01. The highest BCUT2D eigenvalue weighted by atomic mass is 35.5. The fourth-order valence-corrected chi connectivity index (χ4v) is 2.58. The molecule has 0 saturated heterocycles. The van der Waals surface area contributed by atoms with E-state index in [1.165, 1.54) is 6.20 Å². The molecule has 0 bridgehead atoms. The van der Waals surface area contributed by atoms with E-state index >= 15 is 0 Å². The number of anilines is 1. The molecule has 0 spiro atoms. The van der Waals surface area contributed by atoms with Crippen molar-refractivity contribution >= 4 is 23.2 Å². The summed E-state index contributed by atoms with van der Waals surface area (Å²) in [5.74, 6) is 0.886. The Kier molecular flexibility index (Phi) is 5.30. The van der Waals surface area contributed by atoms with Crippen molar-refractivity contribution in [1.29, 1.82) is 5.26 Å². The molecule has 2 aromatic rings. The summed E-state index contributed by atoms with van der Waals surface area (Å²) < 4.78 is 10.6. The third-order valence-corrected chi connectivity index (χ3v) is 4.28. The SMILES string of the molecule is Cc1c(Cl)cccc1NC(=O)/C(C#N)=C\NCc1ccc2c(c1)OCO2. The molecule has 2 aromatic carbocycles. The van der Waals surface area contributed by atoms with Gasteiger partial charge in [0.25, 0.3) is 5.91 Å². The topological polar surface area (TPSA) is 83.4 Å². The number of hydrogen-bond acceptors (Lipinski definition) is 5. The summed E-state index contributed by atoms with van der Waals surface area (Å²) in [6.45, 7) is 2.45. The van der Waals surface area contributed by atoms with Crippen LogP contribution in [0.2, 0.25) is 5.02 Å². The number of halogens is 1. The summed E-state index contributed by atoms with van der Waals surface area (Å²) in [6, 6.07) is 12.7. The molecular formula is C19H16ClN3O3. The molecule has 1 heterocycles. The second-order valence-electron chi connectivity index (χ2n) is 5.60. The van der Waals surface area contributed by atoms with Gasteiger partial charge in [-0.25, -0.2) is 0 Å². The van der Waals surface area contributed by atoms with Gasteiger partial charge in [-0.05, 0) is 42.3 Å². The quantitative estimate of drug-likeness (QED) is 0.622. The van der Waals surface area contributed by atoms with Crippen molar-refractivity contribution < 1.29 is 14.3 Å². The first-order valence-electron chi connectivity index (χ1n) is 7.87. The van der Waals surface area contributed by atoms with Gasteiger partial charge in [-0.15, -0.1) is 0 Å². The van der Waals surface area contributed by atoms with E-state index in [2.05, 4.69) is 10.6 Å². The van der Waals surface area contributed by atoms with Gasteiger partial charge < -0.3 is 20.1 Å². The predicted octanol–water partition coefficient (Wildman–Crippen LogP) is 3.51. The van der Waals surface area contributed by atoms with Crippen LogP contribution in [0.3, 0.4) is 0 Å². The van der Waals surface area contributed by atoms with E-state index in [9.17, 15) is 10.1 Å². The number of benzene rings is 2. The van der Waals surface area contributed by atoms with Crippen molar-refractivity contribution in [2.24, 2.45) is 0 Å². The highest BCUT2D eigenvalue weighted by molar-refractivity contribution is 6.31. The van der Waals surface area contributed by atoms with Gasteiger partial charge >= 0.3 is 0 Å². The van der Waals surface area contributed by atoms with Crippen LogP contribution in [0.5, 0.6) is 11.5 Å². The molecule has 7 heteroatoms. The Morgan fingerprint density at radius 1 is 1.31 bits per heavy atom. The maximum absolute atomic E-state index is 12.3. The van der Waals surface area contributed by atoms with Crippen LogP contribution in [0.15, 0.2) is 48.2 Å². The molecule has 3 rings (SSSR count). The minimum Gasteiger partial charge on any atom is -0.454 e. The van der Waals surface area contributed by atoms with Gasteiger partial charge in [0.1, 0.15) is 11.6 Å². The van der Waals surface area contributed by atoms with Crippen LogP contribution in [0, 0.1) is 18.3 Å². The molecule has 1 aliphatic heterocycles. The fourth-order valence-electron chi connectivity index (χ4n) is 2.40. The zero-order chi connectivity index (χ0) is 18.5. The summed E-state index contributed by atoms with van der Waals surface area (Å²) in [7, 11) is 0. The standard InChI is InChI=1S/C19H16ClN3O3/c1-12-15(20)3-2-4-16(12)23-19(24)14(8-21)10-22-9-13-5-6-17-18(7-13)26-11-25-17/h2-7,10,22H,9,11H2,1H3,(H,23,24)/b14-10-. The highest BCUT2D eigenvalue weighted by Gasteiger charge is 2.14. The third-order valence-electron chi connectivity index (χ3n) is 3.87. The van der Waals surface area contributed by atoms with Crippen LogP contribution in [0.4, 0.5) is 5.69 Å². The normalized spacial score (nSPS) is 12.4. The Morgan fingerprint density at radius 3 is 2.92 bits per heavy atom. The molecule has 1 amide bonds. The van der Waals surface area contributed by atoms with Gasteiger partial charge in [0, 0.05) is 23.5 Å². The number of amides is 1. The minimum absolute atomic E-state index is 0.0369. The lowest BCUT2D eigenvalue weighted by Gasteiger charge is -2.09. The van der Waals surface area contributed by atoms with Crippen molar-refractivity contribution in [3.05, 3.63) is 64.3 Å². The monoisotopic (exact) mass is 369 g/mol. The molecule has 0 saturated carbocycles. The van der Waals surface area contributed by atoms with Crippen molar-refractivity contribution in [3.8, 4) is 17.6 Å². The minimum atomic E-state index is -0.504. The Bertz CT molecular complexity index is 919. The van der Waals surface area contributed by atoms with Gasteiger partial charge in [-0.1, -0.05) is 23.7 Å². The van der Waals surface area contributed by atoms with Crippen molar-refractivity contribution in [2.45, 2.75) is 13.5 Å². The highest BCUT2D eigenvalue weighted by Crippen LogP contribution is 2.32. The summed E-state index contributed by atoms with van der Waals surface area (Å²) in [5, 5.41) is 15.5. The van der Waals surface area contributed by atoms with E-state index in [0.717, 1.165) is 11.1 Å². The predicted molar refractivity (Wildman–Crippen MR) is 97.9 cm³/mol. The first-order chi connectivity index (χ1) is 12.6. The molecule has 6 nitrogen and oxygen atoms in total. The van der Waals surface area contributed by atoms with Crippen LogP contribution < -0.4 is 20.1 Å². The first-order valence-corrected chi connectivity index (χ1v) is 8.25. The molecule has 26 heavy (non-hydrogen) atoms. The molecule has 0 fully saturated rings. The summed E-state index contributed by atoms with van der Waals surface area (Å²) >= 11 is 6.04. The number of nitrogens with one attached hydrogen (secondary N) is 2. The smallest absolute Gasteiger partial charge is 0.267 e. The van der Waals surface area contributed by atoms with Gasteiger partial charge in [0.15, 0.2) is 11.5 Å². The summed E-state index contributed by atoms with van der Waals surface area (Å²) in [6.07, 6.45) is 1.39. The molecular weight excluding hydrogens is 354 g/mol. The molecule has 132 valence electrons. The zero-order valence-electron chi connectivity index (χ0n) is 14.0. The molecule has 0 unspecified atom stereocenters. The molecule has 2 N–H and O–H groups in total. The number of fused-ring (bicyclic) bond motifs is 1. The third kappa shape index (κ3) is 3.90. The van der Waals surface area contributed by atoms with E-state index < -0.39 is 5.91 Å². The van der Waals surface area contributed by atoms with E-state index in [4.69, 9.17) is 21.1 Å². The average molecular weight is 370 g/mol. The number of nitrogens with zero attached hydrogens (tertiary/aromatic N) is 1. The van der Waals surface area contributed by atoms with E-state index in [1.807, 2.05) is 24.3 Å². The van der Waals surface area contributed by atoms with E-state index in [0.29, 0.717) is 28.8 Å². The lowest BCUT2D eigenvalue weighted by atomic mass is 10.2. The lowest BCUT2D eigenvalue weighted by Crippen LogP contribution is -2.17. The van der Waals surface area contributed by atoms with E-state index in [-0.39, 0.29) is 12.4 Å². The number of hydrogen-bond donors (Lipinski definition) is 2. The average Bonchev–Trinajstić information content (AvgIpc) is 3.10. The van der Waals surface area contributed by atoms with Gasteiger partial charge in [-0.2, -0.15) is 5.26 Å².